The number of nitrogens with zero attached hydrogens (tertiary/aromatic N) is 2. The minimum absolute atomic E-state index is 0.0268. The summed E-state index contributed by atoms with van der Waals surface area (Å²) in [4.78, 5) is 8.61. The zero-order chi connectivity index (χ0) is 30.8. The van der Waals surface area contributed by atoms with Crippen molar-refractivity contribution in [2.75, 3.05) is 18.1 Å². The number of ether oxygens (including phenoxy) is 3. The van der Waals surface area contributed by atoms with E-state index in [4.69, 9.17) is 14.2 Å². The zero-order valence-electron chi connectivity index (χ0n) is 24.2. The van der Waals surface area contributed by atoms with E-state index in [2.05, 4.69) is 14.7 Å². The van der Waals surface area contributed by atoms with Gasteiger partial charge in [-0.3, -0.25) is 4.72 Å². The van der Waals surface area contributed by atoms with E-state index in [1.807, 2.05) is 20.8 Å². The monoisotopic (exact) mass is 593 g/mol. The van der Waals surface area contributed by atoms with Crippen LogP contribution < -0.4 is 18.9 Å². The molecule has 0 aliphatic rings. The molecule has 0 fully saturated rings. The summed E-state index contributed by atoms with van der Waals surface area (Å²) in [7, 11) is -2.28. The molecule has 0 amide bonds. The van der Waals surface area contributed by atoms with Gasteiger partial charge in [-0.05, 0) is 76.9 Å². The maximum absolute atomic E-state index is 14.2. The normalized spacial score (nSPS) is 12.9. The van der Waals surface area contributed by atoms with E-state index < -0.39 is 33.0 Å². The van der Waals surface area contributed by atoms with Gasteiger partial charge in [-0.1, -0.05) is 24.3 Å². The molecule has 3 rings (SSSR count). The summed E-state index contributed by atoms with van der Waals surface area (Å²) in [5.41, 5.74) is -0.799. The van der Waals surface area contributed by atoms with E-state index >= 15 is 0 Å². The minimum atomic E-state index is -4.73. The van der Waals surface area contributed by atoms with Crippen molar-refractivity contribution in [3.63, 3.8) is 0 Å². The van der Waals surface area contributed by atoms with Crippen molar-refractivity contribution >= 4 is 27.9 Å². The second-order valence-electron chi connectivity index (χ2n) is 11.3. The third kappa shape index (κ3) is 9.38. The predicted molar refractivity (Wildman–Crippen MR) is 154 cm³/mol. The van der Waals surface area contributed by atoms with Crippen molar-refractivity contribution < 1.29 is 35.8 Å². The largest absolute Gasteiger partial charge is 0.495 e. The molecule has 0 aliphatic heterocycles. The molecule has 0 bridgehead atoms. The number of rotatable bonds is 8. The van der Waals surface area contributed by atoms with Crippen LogP contribution in [-0.4, -0.2) is 43.0 Å². The third-order valence-corrected chi connectivity index (χ3v) is 5.75. The molecule has 41 heavy (non-hydrogen) atoms. The van der Waals surface area contributed by atoms with Gasteiger partial charge in [0.05, 0.1) is 24.5 Å². The summed E-state index contributed by atoms with van der Waals surface area (Å²) >= 11 is 0. The number of benzene rings is 2. The number of aromatic nitrogens is 2. The Kier molecular flexibility index (Phi) is 8.97. The molecule has 222 valence electrons. The lowest BCUT2D eigenvalue weighted by Crippen LogP contribution is -2.26. The molecule has 12 heteroatoms. The van der Waals surface area contributed by atoms with Crippen molar-refractivity contribution in [2.45, 2.75) is 58.9 Å². The van der Waals surface area contributed by atoms with E-state index in [0.29, 0.717) is 11.3 Å². The Morgan fingerprint density at radius 1 is 0.902 bits per heavy atom. The van der Waals surface area contributed by atoms with Crippen LogP contribution in [0.5, 0.6) is 17.6 Å². The van der Waals surface area contributed by atoms with Gasteiger partial charge in [-0.15, -0.1) is 0 Å². The molecule has 1 N–H and O–H groups in total. The number of hydrogen-bond acceptors (Lipinski definition) is 7. The minimum Gasteiger partial charge on any atom is -0.495 e. The first-order chi connectivity index (χ1) is 18.7. The summed E-state index contributed by atoms with van der Waals surface area (Å²) in [6.07, 6.45) is 0.753. The number of halogens is 3. The molecular weight excluding hydrogens is 559 g/mol. The van der Waals surface area contributed by atoms with Crippen LogP contribution in [-0.2, 0) is 16.2 Å². The molecule has 1 heterocycles. The lowest BCUT2D eigenvalue weighted by Gasteiger charge is -2.24. The Bertz CT molecular complexity index is 1520. The Morgan fingerprint density at radius 2 is 1.51 bits per heavy atom. The highest BCUT2D eigenvalue weighted by Crippen LogP contribution is 2.43. The molecule has 0 atom stereocenters. The molecule has 2 aromatic carbocycles. The fourth-order valence-electron chi connectivity index (χ4n) is 3.67. The standard InChI is InChI=1S/C29H34F3N3O5S/c1-27(2,3)39-25-22(17-33-26(34-25)40-28(4,5)6)20-15-19(24(38-7)23(16-20)29(30,31)32)12-9-18-10-13-21(14-11-18)35-41(8,36)37/h9-17,35H,1-8H3/b12-9+. The first kappa shape index (κ1) is 31.7. The Morgan fingerprint density at radius 3 is 2.02 bits per heavy atom. The summed E-state index contributed by atoms with van der Waals surface area (Å²) < 4.78 is 85.0. The molecule has 1 aromatic heterocycles. The van der Waals surface area contributed by atoms with E-state index in [-0.39, 0.29) is 34.3 Å². The average molecular weight is 594 g/mol. The van der Waals surface area contributed by atoms with Gasteiger partial charge in [-0.25, -0.2) is 13.4 Å². The molecule has 0 unspecified atom stereocenters. The van der Waals surface area contributed by atoms with Crippen LogP contribution in [0.4, 0.5) is 18.9 Å². The van der Waals surface area contributed by atoms with E-state index in [0.717, 1.165) is 12.3 Å². The molecule has 0 saturated carbocycles. The molecule has 0 spiro atoms. The number of anilines is 1. The van der Waals surface area contributed by atoms with Gasteiger partial charge in [0.2, 0.25) is 15.9 Å². The van der Waals surface area contributed by atoms with E-state index in [1.165, 1.54) is 25.4 Å². The highest BCUT2D eigenvalue weighted by Gasteiger charge is 2.36. The summed E-state index contributed by atoms with van der Waals surface area (Å²) in [6.45, 7) is 10.8. The van der Waals surface area contributed by atoms with E-state index in [9.17, 15) is 21.6 Å². The summed E-state index contributed by atoms with van der Waals surface area (Å²) in [5.74, 6) is -0.298. The zero-order valence-corrected chi connectivity index (χ0v) is 25.0. The van der Waals surface area contributed by atoms with Gasteiger partial charge in [0.15, 0.2) is 0 Å². The molecule has 0 saturated heterocycles. The SMILES string of the molecule is COc1c(/C=C/c2ccc(NS(C)(=O)=O)cc2)cc(-c2cnc(OC(C)(C)C)nc2OC(C)(C)C)cc1C(F)(F)F. The molecular formula is C29H34F3N3O5S. The Hall–Kier alpha value is -3.80. The fraction of sp³-hybridized carbons (Fsp3) is 0.379. The molecule has 8 nitrogen and oxygen atoms in total. The number of methoxy groups -OCH3 is 1. The van der Waals surface area contributed by atoms with Crippen LogP contribution in [0.15, 0.2) is 42.6 Å². The maximum atomic E-state index is 14.2. The molecule has 0 aliphatic carbocycles. The third-order valence-electron chi connectivity index (χ3n) is 5.14. The van der Waals surface area contributed by atoms with Gasteiger partial charge in [0.25, 0.3) is 0 Å². The lowest BCUT2D eigenvalue weighted by atomic mass is 9.98. The predicted octanol–water partition coefficient (Wildman–Crippen LogP) is 7.07. The van der Waals surface area contributed by atoms with Crippen LogP contribution in [0.1, 0.15) is 58.2 Å². The molecule has 3 aromatic rings. The van der Waals surface area contributed by atoms with Crippen LogP contribution in [0.2, 0.25) is 0 Å². The fourth-order valence-corrected chi connectivity index (χ4v) is 4.24. The number of hydrogen-bond donors (Lipinski definition) is 1. The average Bonchev–Trinajstić information content (AvgIpc) is 2.79. The second-order valence-corrected chi connectivity index (χ2v) is 13.0. The van der Waals surface area contributed by atoms with Crippen LogP contribution in [0.3, 0.4) is 0 Å². The van der Waals surface area contributed by atoms with Gasteiger partial charge in [0, 0.05) is 17.4 Å². The van der Waals surface area contributed by atoms with Gasteiger partial charge in [0.1, 0.15) is 17.0 Å². The van der Waals surface area contributed by atoms with Gasteiger partial charge in [-0.2, -0.15) is 18.2 Å². The highest BCUT2D eigenvalue weighted by atomic mass is 32.2. The van der Waals surface area contributed by atoms with Gasteiger partial charge < -0.3 is 14.2 Å². The van der Waals surface area contributed by atoms with Gasteiger partial charge >= 0.3 is 12.2 Å². The van der Waals surface area contributed by atoms with E-state index in [1.54, 1.807) is 51.1 Å². The first-order valence-corrected chi connectivity index (χ1v) is 14.4. The lowest BCUT2D eigenvalue weighted by molar-refractivity contribution is -0.138. The molecule has 0 radical (unpaired) electrons. The first-order valence-electron chi connectivity index (χ1n) is 12.5. The quantitative estimate of drug-likeness (QED) is 0.279. The van der Waals surface area contributed by atoms with Crippen molar-refractivity contribution in [2.24, 2.45) is 0 Å². The van der Waals surface area contributed by atoms with Crippen molar-refractivity contribution in [1.29, 1.82) is 0 Å². The van der Waals surface area contributed by atoms with Crippen LogP contribution in [0, 0.1) is 0 Å². The van der Waals surface area contributed by atoms with Crippen LogP contribution >= 0.6 is 0 Å². The Labute approximate surface area is 238 Å². The maximum Gasteiger partial charge on any atom is 0.420 e. The van der Waals surface area contributed by atoms with Crippen molar-refractivity contribution in [3.05, 3.63) is 59.3 Å². The number of sulfonamides is 1. The summed E-state index contributed by atoms with van der Waals surface area (Å²) in [5, 5.41) is 0. The second kappa shape index (κ2) is 11.6. The van der Waals surface area contributed by atoms with Crippen molar-refractivity contribution in [1.82, 2.24) is 9.97 Å². The van der Waals surface area contributed by atoms with Crippen LogP contribution in [0.25, 0.3) is 23.3 Å². The number of alkyl halides is 3. The summed E-state index contributed by atoms with van der Waals surface area (Å²) in [6, 6.07) is 8.88. The Balaban J connectivity index is 2.16. The number of nitrogens with one attached hydrogen (secondary N) is 1. The topological polar surface area (TPSA) is 99.6 Å². The smallest absolute Gasteiger partial charge is 0.420 e. The highest BCUT2D eigenvalue weighted by molar-refractivity contribution is 7.92. The van der Waals surface area contributed by atoms with Crippen molar-refractivity contribution in [3.8, 4) is 28.8 Å².